The van der Waals surface area contributed by atoms with Crippen LogP contribution in [0, 0.1) is 0 Å². The number of fused-ring (bicyclic) bond motifs is 1. The lowest BCUT2D eigenvalue weighted by Gasteiger charge is -2.11. The maximum atomic E-state index is 12.6. The van der Waals surface area contributed by atoms with Crippen molar-refractivity contribution in [3.05, 3.63) is 64.7 Å². The predicted molar refractivity (Wildman–Crippen MR) is 104 cm³/mol. The van der Waals surface area contributed by atoms with Gasteiger partial charge in [-0.1, -0.05) is 6.07 Å². The molecule has 2 heterocycles. The van der Waals surface area contributed by atoms with Crippen molar-refractivity contribution in [1.29, 1.82) is 0 Å². The minimum Gasteiger partial charge on any atom is -0.368 e. The molecule has 1 unspecified atom stereocenters. The van der Waals surface area contributed by atoms with Crippen LogP contribution in [0.3, 0.4) is 0 Å². The molecule has 0 saturated carbocycles. The highest BCUT2D eigenvalue weighted by molar-refractivity contribution is 6.06. The Hall–Kier alpha value is -3.52. The molecule has 1 aliphatic rings. The summed E-state index contributed by atoms with van der Waals surface area (Å²) in [6.45, 7) is 0.588. The second-order valence-corrected chi connectivity index (χ2v) is 6.49. The van der Waals surface area contributed by atoms with E-state index in [1.54, 1.807) is 42.5 Å². The number of benzene rings is 2. The quantitative estimate of drug-likeness (QED) is 0.645. The number of H-pyrrole nitrogens is 1. The molecule has 3 N–H and O–H groups in total. The van der Waals surface area contributed by atoms with E-state index in [0.29, 0.717) is 40.9 Å². The molecule has 0 radical (unpaired) electrons. The topological polar surface area (TPSA) is 113 Å². The third-order valence-electron chi connectivity index (χ3n) is 4.51. The molecule has 2 amide bonds. The minimum absolute atomic E-state index is 0.212. The lowest BCUT2D eigenvalue weighted by Crippen LogP contribution is -2.27. The first-order chi connectivity index (χ1) is 13.6. The smallest absolute Gasteiger partial charge is 0.258 e. The maximum absolute atomic E-state index is 12.6. The van der Waals surface area contributed by atoms with Crippen molar-refractivity contribution >= 4 is 34.1 Å². The van der Waals surface area contributed by atoms with Gasteiger partial charge in [0.15, 0.2) is 0 Å². The Morgan fingerprint density at radius 2 is 1.96 bits per heavy atom. The van der Waals surface area contributed by atoms with E-state index >= 15 is 0 Å². The predicted octanol–water partition coefficient (Wildman–Crippen LogP) is 2.29. The van der Waals surface area contributed by atoms with Crippen LogP contribution in [-0.2, 0) is 9.53 Å². The Morgan fingerprint density at radius 1 is 1.11 bits per heavy atom. The van der Waals surface area contributed by atoms with Gasteiger partial charge in [-0.25, -0.2) is 4.98 Å². The third-order valence-corrected chi connectivity index (χ3v) is 4.51. The van der Waals surface area contributed by atoms with Gasteiger partial charge in [0.1, 0.15) is 6.10 Å². The molecule has 0 bridgehead atoms. The summed E-state index contributed by atoms with van der Waals surface area (Å²) < 4.78 is 5.36. The fourth-order valence-corrected chi connectivity index (χ4v) is 3.10. The molecule has 28 heavy (non-hydrogen) atoms. The molecular formula is C20H18N4O4. The first-order valence-corrected chi connectivity index (χ1v) is 8.91. The van der Waals surface area contributed by atoms with Crippen LogP contribution >= 0.6 is 0 Å². The van der Waals surface area contributed by atoms with Gasteiger partial charge in [-0.2, -0.15) is 0 Å². The van der Waals surface area contributed by atoms with E-state index < -0.39 is 6.10 Å². The standard InChI is InChI=1S/C20H18N4O4/c25-18(23-14-6-7-16-15(10-14)19(26)22-11-21-16)12-3-1-4-13(9-12)24-20(27)17-5-2-8-28-17/h1,3-4,6-7,9-11,17H,2,5,8H2,(H,23,25)(H,24,27)(H,21,22,26). The van der Waals surface area contributed by atoms with Crippen LogP contribution in [0.5, 0.6) is 0 Å². The number of hydrogen-bond acceptors (Lipinski definition) is 5. The van der Waals surface area contributed by atoms with Gasteiger partial charge < -0.3 is 20.4 Å². The lowest BCUT2D eigenvalue weighted by molar-refractivity contribution is -0.124. The fraction of sp³-hybridized carbons (Fsp3) is 0.200. The number of anilines is 2. The molecule has 1 fully saturated rings. The molecule has 8 heteroatoms. The number of aromatic amines is 1. The van der Waals surface area contributed by atoms with E-state index in [1.165, 1.54) is 6.33 Å². The van der Waals surface area contributed by atoms with Crippen molar-refractivity contribution in [3.8, 4) is 0 Å². The Kier molecular flexibility index (Phi) is 4.86. The number of ether oxygens (including phenoxy) is 1. The summed E-state index contributed by atoms with van der Waals surface area (Å²) in [5, 5.41) is 5.92. The Balaban J connectivity index is 1.50. The summed E-state index contributed by atoms with van der Waals surface area (Å²) in [7, 11) is 0. The summed E-state index contributed by atoms with van der Waals surface area (Å²) in [6, 6.07) is 11.6. The highest BCUT2D eigenvalue weighted by Gasteiger charge is 2.23. The zero-order chi connectivity index (χ0) is 19.5. The highest BCUT2D eigenvalue weighted by Crippen LogP contribution is 2.18. The van der Waals surface area contributed by atoms with E-state index in [0.717, 1.165) is 6.42 Å². The van der Waals surface area contributed by atoms with Gasteiger partial charge in [0, 0.05) is 23.5 Å². The van der Waals surface area contributed by atoms with Gasteiger partial charge in [-0.3, -0.25) is 14.4 Å². The number of carbonyl (C=O) groups excluding carboxylic acids is 2. The number of aromatic nitrogens is 2. The van der Waals surface area contributed by atoms with Crippen molar-refractivity contribution in [2.75, 3.05) is 17.2 Å². The molecule has 4 rings (SSSR count). The maximum Gasteiger partial charge on any atom is 0.258 e. The largest absolute Gasteiger partial charge is 0.368 e. The fourth-order valence-electron chi connectivity index (χ4n) is 3.10. The van der Waals surface area contributed by atoms with E-state index in [-0.39, 0.29) is 17.4 Å². The Labute approximate surface area is 159 Å². The molecule has 1 saturated heterocycles. The van der Waals surface area contributed by atoms with Crippen molar-refractivity contribution in [3.63, 3.8) is 0 Å². The Bertz CT molecular complexity index is 1100. The van der Waals surface area contributed by atoms with Crippen LogP contribution in [0.25, 0.3) is 10.9 Å². The molecule has 1 atom stereocenters. The molecule has 3 aromatic rings. The number of carbonyl (C=O) groups is 2. The second-order valence-electron chi connectivity index (χ2n) is 6.49. The third kappa shape index (κ3) is 3.77. The molecule has 142 valence electrons. The van der Waals surface area contributed by atoms with Gasteiger partial charge in [-0.05, 0) is 49.2 Å². The van der Waals surface area contributed by atoms with E-state index in [2.05, 4.69) is 20.6 Å². The normalized spacial score (nSPS) is 16.1. The van der Waals surface area contributed by atoms with Crippen LogP contribution in [0.15, 0.2) is 53.6 Å². The van der Waals surface area contributed by atoms with Crippen LogP contribution < -0.4 is 16.2 Å². The lowest BCUT2D eigenvalue weighted by atomic mass is 10.1. The Morgan fingerprint density at radius 3 is 2.79 bits per heavy atom. The SMILES string of the molecule is O=C(Nc1ccc2nc[nH]c(=O)c2c1)c1cccc(NC(=O)C2CCCO2)c1. The molecule has 1 aliphatic heterocycles. The number of hydrogen-bond donors (Lipinski definition) is 3. The number of amides is 2. The summed E-state index contributed by atoms with van der Waals surface area (Å²) in [6.07, 6.45) is 2.45. The number of nitrogens with one attached hydrogen (secondary N) is 3. The van der Waals surface area contributed by atoms with Crippen LogP contribution in [-0.4, -0.2) is 34.5 Å². The van der Waals surface area contributed by atoms with Gasteiger partial charge in [0.05, 0.1) is 17.2 Å². The molecule has 2 aromatic carbocycles. The molecule has 0 spiro atoms. The average molecular weight is 378 g/mol. The van der Waals surface area contributed by atoms with Crippen LogP contribution in [0.1, 0.15) is 23.2 Å². The summed E-state index contributed by atoms with van der Waals surface area (Å²) in [4.78, 5) is 43.2. The van der Waals surface area contributed by atoms with Gasteiger partial charge in [0.25, 0.3) is 17.4 Å². The first kappa shape index (κ1) is 17.9. The summed E-state index contributed by atoms with van der Waals surface area (Å²) >= 11 is 0. The zero-order valence-corrected chi connectivity index (χ0v) is 14.9. The van der Waals surface area contributed by atoms with Crippen molar-refractivity contribution in [2.24, 2.45) is 0 Å². The van der Waals surface area contributed by atoms with Gasteiger partial charge in [0.2, 0.25) is 0 Å². The van der Waals surface area contributed by atoms with Gasteiger partial charge >= 0.3 is 0 Å². The second kappa shape index (κ2) is 7.61. The summed E-state index contributed by atoms with van der Waals surface area (Å²) in [5.41, 5.74) is 1.64. The molecule has 1 aromatic heterocycles. The van der Waals surface area contributed by atoms with E-state index in [9.17, 15) is 14.4 Å². The van der Waals surface area contributed by atoms with E-state index in [4.69, 9.17) is 4.74 Å². The van der Waals surface area contributed by atoms with Gasteiger partial charge in [-0.15, -0.1) is 0 Å². The molecule has 8 nitrogen and oxygen atoms in total. The average Bonchev–Trinajstić information content (AvgIpc) is 3.24. The van der Waals surface area contributed by atoms with Crippen molar-refractivity contribution in [2.45, 2.75) is 18.9 Å². The minimum atomic E-state index is -0.443. The monoisotopic (exact) mass is 378 g/mol. The number of nitrogens with zero attached hydrogens (tertiary/aromatic N) is 1. The highest BCUT2D eigenvalue weighted by atomic mass is 16.5. The van der Waals surface area contributed by atoms with Crippen molar-refractivity contribution in [1.82, 2.24) is 9.97 Å². The van der Waals surface area contributed by atoms with Crippen LogP contribution in [0.4, 0.5) is 11.4 Å². The van der Waals surface area contributed by atoms with E-state index in [1.807, 2.05) is 0 Å². The molecular weight excluding hydrogens is 360 g/mol. The van der Waals surface area contributed by atoms with Crippen molar-refractivity contribution < 1.29 is 14.3 Å². The first-order valence-electron chi connectivity index (χ1n) is 8.91. The zero-order valence-electron chi connectivity index (χ0n) is 14.9. The van der Waals surface area contributed by atoms with Crippen LogP contribution in [0.2, 0.25) is 0 Å². The summed E-state index contributed by atoms with van der Waals surface area (Å²) in [5.74, 6) is -0.566. The number of rotatable bonds is 4. The molecule has 0 aliphatic carbocycles.